The van der Waals surface area contributed by atoms with E-state index in [0.717, 1.165) is 25.8 Å². The highest BCUT2D eigenvalue weighted by Crippen LogP contribution is 2.53. The van der Waals surface area contributed by atoms with Crippen molar-refractivity contribution in [3.63, 3.8) is 0 Å². The van der Waals surface area contributed by atoms with Crippen molar-refractivity contribution in [2.45, 2.75) is 50.8 Å². The van der Waals surface area contributed by atoms with Gasteiger partial charge in [0, 0.05) is 46.0 Å². The molecule has 2 saturated heterocycles. The molecule has 198 valence electrons. The molecule has 1 saturated carbocycles. The fraction of sp³-hybridized carbons (Fsp3) is 0.640. The maximum Gasteiger partial charge on any atom is 0.322 e. The van der Waals surface area contributed by atoms with Crippen LogP contribution in [0.2, 0.25) is 10.0 Å². The van der Waals surface area contributed by atoms with Crippen molar-refractivity contribution in [2.75, 3.05) is 52.1 Å². The van der Waals surface area contributed by atoms with Gasteiger partial charge in [-0.2, -0.15) is 0 Å². The van der Waals surface area contributed by atoms with E-state index in [1.54, 1.807) is 44.1 Å². The van der Waals surface area contributed by atoms with E-state index in [2.05, 4.69) is 10.2 Å². The summed E-state index contributed by atoms with van der Waals surface area (Å²) in [4.78, 5) is 46.2. The first-order valence-corrected chi connectivity index (χ1v) is 13.2. The fourth-order valence-corrected chi connectivity index (χ4v) is 5.59. The van der Waals surface area contributed by atoms with E-state index in [-0.39, 0.29) is 29.9 Å². The minimum absolute atomic E-state index is 0.120. The number of hydrogen-bond donors (Lipinski definition) is 2. The first-order chi connectivity index (χ1) is 17.0. The average molecular weight is 540 g/mol. The van der Waals surface area contributed by atoms with Gasteiger partial charge in [0.2, 0.25) is 11.8 Å². The summed E-state index contributed by atoms with van der Waals surface area (Å²) in [6.45, 7) is 4.35. The standard InChI is InChI=1S/C25H35Cl2N5O4/c1-16-22(34)32(13-12-31(16)24(36)28-17-4-5-18(26)19(27)14-17)20(23(35)29(2)3)6-10-30-11-9-25(7-8-25)21(33)15-30/h4-5,14,16,20-21,33H,6-13,15H2,1-3H3,(H,28,36)/t16-,20-,21+/m0/s1. The van der Waals surface area contributed by atoms with Crippen LogP contribution < -0.4 is 5.32 Å². The Labute approximate surface area is 222 Å². The molecule has 0 bridgehead atoms. The van der Waals surface area contributed by atoms with Gasteiger partial charge in [-0.05, 0) is 62.8 Å². The summed E-state index contributed by atoms with van der Waals surface area (Å²) < 4.78 is 0. The Balaban J connectivity index is 1.39. The molecule has 9 nitrogen and oxygen atoms in total. The summed E-state index contributed by atoms with van der Waals surface area (Å²) in [6.07, 6.45) is 3.32. The smallest absolute Gasteiger partial charge is 0.322 e. The molecular weight excluding hydrogens is 505 g/mol. The van der Waals surface area contributed by atoms with E-state index in [9.17, 15) is 19.5 Å². The minimum Gasteiger partial charge on any atom is -0.391 e. The zero-order chi connectivity index (χ0) is 26.2. The Morgan fingerprint density at radius 2 is 1.89 bits per heavy atom. The maximum absolute atomic E-state index is 13.4. The van der Waals surface area contributed by atoms with Crippen LogP contribution >= 0.6 is 23.2 Å². The van der Waals surface area contributed by atoms with Gasteiger partial charge in [0.05, 0.1) is 16.1 Å². The van der Waals surface area contributed by atoms with E-state index in [1.807, 2.05) is 0 Å². The second-order valence-corrected chi connectivity index (χ2v) is 11.2. The van der Waals surface area contributed by atoms with Crippen LogP contribution in [-0.2, 0) is 9.59 Å². The van der Waals surface area contributed by atoms with Crippen molar-refractivity contribution >= 4 is 46.7 Å². The SMILES string of the molecule is C[C@H]1C(=O)N([C@@H](CCN2CCC3(CC3)[C@H](O)C2)C(=O)N(C)C)CCN1C(=O)Nc1ccc(Cl)c(Cl)c1. The first-order valence-electron chi connectivity index (χ1n) is 12.5. The van der Waals surface area contributed by atoms with E-state index in [0.29, 0.717) is 41.8 Å². The number of anilines is 1. The number of aliphatic hydroxyl groups excluding tert-OH is 1. The van der Waals surface area contributed by atoms with Crippen LogP contribution in [0.1, 0.15) is 32.6 Å². The lowest BCUT2D eigenvalue weighted by Crippen LogP contribution is -2.63. The molecule has 0 unspecified atom stereocenters. The molecule has 3 atom stereocenters. The van der Waals surface area contributed by atoms with Crippen LogP contribution in [0.5, 0.6) is 0 Å². The van der Waals surface area contributed by atoms with Crippen LogP contribution in [0, 0.1) is 5.41 Å². The van der Waals surface area contributed by atoms with Gasteiger partial charge in [0.1, 0.15) is 12.1 Å². The van der Waals surface area contributed by atoms with Crippen molar-refractivity contribution in [3.05, 3.63) is 28.2 Å². The Hall–Kier alpha value is -2.07. The van der Waals surface area contributed by atoms with Gasteiger partial charge < -0.3 is 30.0 Å². The topological polar surface area (TPSA) is 96.4 Å². The molecule has 3 aliphatic rings. The van der Waals surface area contributed by atoms with Gasteiger partial charge in [-0.25, -0.2) is 4.79 Å². The third-order valence-electron chi connectivity index (χ3n) is 7.90. The summed E-state index contributed by atoms with van der Waals surface area (Å²) >= 11 is 12.0. The average Bonchev–Trinajstić information content (AvgIpc) is 3.62. The second-order valence-electron chi connectivity index (χ2n) is 10.4. The predicted molar refractivity (Wildman–Crippen MR) is 139 cm³/mol. The third-order valence-corrected chi connectivity index (χ3v) is 8.64. The maximum atomic E-state index is 13.4. The van der Waals surface area contributed by atoms with Gasteiger partial charge in [-0.1, -0.05) is 23.2 Å². The number of piperazine rings is 1. The Morgan fingerprint density at radius 3 is 2.50 bits per heavy atom. The number of carbonyl (C=O) groups is 3. The van der Waals surface area contributed by atoms with Gasteiger partial charge in [-0.3, -0.25) is 9.59 Å². The molecule has 2 N–H and O–H groups in total. The molecule has 2 aliphatic heterocycles. The number of nitrogens with zero attached hydrogens (tertiary/aromatic N) is 4. The summed E-state index contributed by atoms with van der Waals surface area (Å²) in [5.41, 5.74) is 0.600. The van der Waals surface area contributed by atoms with Crippen LogP contribution in [0.4, 0.5) is 10.5 Å². The molecule has 11 heteroatoms. The molecule has 1 aliphatic carbocycles. The number of piperidine rings is 1. The van der Waals surface area contributed by atoms with E-state index in [1.165, 1.54) is 9.80 Å². The molecule has 4 amide bonds. The van der Waals surface area contributed by atoms with Crippen molar-refractivity contribution < 1.29 is 19.5 Å². The van der Waals surface area contributed by atoms with Gasteiger partial charge >= 0.3 is 6.03 Å². The van der Waals surface area contributed by atoms with Crippen molar-refractivity contribution in [2.24, 2.45) is 5.41 Å². The number of rotatable bonds is 6. The van der Waals surface area contributed by atoms with Crippen molar-refractivity contribution in [3.8, 4) is 0 Å². The molecule has 1 aromatic carbocycles. The summed E-state index contributed by atoms with van der Waals surface area (Å²) in [6, 6.07) is 3.02. The number of benzene rings is 1. The highest BCUT2D eigenvalue weighted by molar-refractivity contribution is 6.42. The summed E-state index contributed by atoms with van der Waals surface area (Å²) in [5.74, 6) is -0.401. The van der Waals surface area contributed by atoms with Gasteiger partial charge in [-0.15, -0.1) is 0 Å². The van der Waals surface area contributed by atoms with Crippen LogP contribution in [0.3, 0.4) is 0 Å². The third kappa shape index (κ3) is 5.59. The highest BCUT2D eigenvalue weighted by Gasteiger charge is 2.51. The molecule has 0 radical (unpaired) electrons. The predicted octanol–water partition coefficient (Wildman–Crippen LogP) is 2.75. The van der Waals surface area contributed by atoms with E-state index < -0.39 is 18.1 Å². The van der Waals surface area contributed by atoms with Crippen LogP contribution in [0.25, 0.3) is 0 Å². The zero-order valence-corrected chi connectivity index (χ0v) is 22.6. The minimum atomic E-state index is -0.731. The lowest BCUT2D eigenvalue weighted by Gasteiger charge is -2.43. The second kappa shape index (κ2) is 10.7. The Kier molecular flexibility index (Phi) is 8.04. The lowest BCUT2D eigenvalue weighted by molar-refractivity contribution is -0.150. The Bertz CT molecular complexity index is 1020. The number of nitrogens with one attached hydrogen (secondary N) is 1. The molecule has 4 rings (SSSR count). The lowest BCUT2D eigenvalue weighted by atomic mass is 9.90. The molecule has 1 spiro atoms. The van der Waals surface area contributed by atoms with Crippen molar-refractivity contribution in [1.29, 1.82) is 0 Å². The molecular formula is C25H35Cl2N5O4. The quantitative estimate of drug-likeness (QED) is 0.579. The number of carbonyl (C=O) groups excluding carboxylic acids is 3. The number of aliphatic hydroxyl groups is 1. The van der Waals surface area contributed by atoms with Gasteiger partial charge in [0.25, 0.3) is 0 Å². The largest absolute Gasteiger partial charge is 0.391 e. The molecule has 3 fully saturated rings. The molecule has 1 aromatic rings. The highest BCUT2D eigenvalue weighted by atomic mass is 35.5. The number of likely N-dealkylation sites (N-methyl/N-ethyl adjacent to an activating group) is 1. The summed E-state index contributed by atoms with van der Waals surface area (Å²) in [5, 5.41) is 14.0. The molecule has 36 heavy (non-hydrogen) atoms. The number of likely N-dealkylation sites (tertiary alicyclic amines) is 1. The van der Waals surface area contributed by atoms with E-state index >= 15 is 0 Å². The number of β-amino-alcohol motifs (C(OH)–C–C–N with tert-alkyl or cyclic N) is 1. The molecule has 0 aromatic heterocycles. The monoisotopic (exact) mass is 539 g/mol. The van der Waals surface area contributed by atoms with Crippen molar-refractivity contribution in [1.82, 2.24) is 19.6 Å². The Morgan fingerprint density at radius 1 is 1.17 bits per heavy atom. The zero-order valence-electron chi connectivity index (χ0n) is 21.0. The van der Waals surface area contributed by atoms with Crippen LogP contribution in [-0.4, -0.2) is 108 Å². The number of amides is 4. The number of hydrogen-bond acceptors (Lipinski definition) is 5. The normalized spacial score (nSPS) is 24.6. The van der Waals surface area contributed by atoms with Crippen LogP contribution in [0.15, 0.2) is 18.2 Å². The van der Waals surface area contributed by atoms with Gasteiger partial charge in [0.15, 0.2) is 0 Å². The number of urea groups is 1. The fourth-order valence-electron chi connectivity index (χ4n) is 5.29. The van der Waals surface area contributed by atoms with E-state index in [4.69, 9.17) is 23.2 Å². The molecule has 2 heterocycles. The first kappa shape index (κ1) is 27.0. The number of halogens is 2. The summed E-state index contributed by atoms with van der Waals surface area (Å²) in [7, 11) is 3.37.